The van der Waals surface area contributed by atoms with Gasteiger partial charge < -0.3 is 14.8 Å². The second kappa shape index (κ2) is 6.94. The van der Waals surface area contributed by atoms with E-state index in [1.54, 1.807) is 6.92 Å². The van der Waals surface area contributed by atoms with E-state index in [0.29, 0.717) is 29.0 Å². The van der Waals surface area contributed by atoms with Gasteiger partial charge in [0.15, 0.2) is 5.60 Å². The smallest absolute Gasteiger partial charge is 0.341 e. The van der Waals surface area contributed by atoms with E-state index in [2.05, 4.69) is 5.32 Å². The lowest BCUT2D eigenvalue weighted by atomic mass is 9.66. The van der Waals surface area contributed by atoms with E-state index in [1.807, 2.05) is 56.5 Å². The van der Waals surface area contributed by atoms with Crippen molar-refractivity contribution in [2.45, 2.75) is 46.1 Å². The monoisotopic (exact) mass is 427 g/mol. The molecule has 7 heteroatoms. The number of anilines is 1. The minimum absolute atomic E-state index is 0.225. The van der Waals surface area contributed by atoms with E-state index in [0.717, 1.165) is 5.56 Å². The number of rotatable bonds is 5. The summed E-state index contributed by atoms with van der Waals surface area (Å²) in [5.74, 6) is -1.23. The van der Waals surface area contributed by atoms with Crippen molar-refractivity contribution in [2.24, 2.45) is 10.8 Å². The van der Waals surface area contributed by atoms with Crippen LogP contribution < -0.4 is 5.32 Å². The van der Waals surface area contributed by atoms with Crippen molar-refractivity contribution in [3.05, 3.63) is 41.3 Å². The number of thiophene rings is 1. The maximum absolute atomic E-state index is 13.4. The Morgan fingerprint density at radius 3 is 2.43 bits per heavy atom. The molecular formula is C23H25NO5S. The first-order chi connectivity index (χ1) is 14.2. The molecule has 0 radical (unpaired) electrons. The van der Waals surface area contributed by atoms with Crippen LogP contribution in [0.25, 0.3) is 11.1 Å². The molecule has 2 atom stereocenters. The fraction of sp³-hybridized carbons (Fsp3) is 0.435. The summed E-state index contributed by atoms with van der Waals surface area (Å²) >= 11 is 1.26. The molecule has 1 aliphatic carbocycles. The SMILES string of the molecule is CCOC(=O)c1c(-c2ccccc2)csc1NC(=O)C12CCC(C)(C(=O)O1)C2(C)C. The Kier molecular flexibility index (Phi) is 4.77. The average Bonchev–Trinajstić information content (AvgIpc) is 3.26. The molecule has 1 aromatic carbocycles. The molecule has 1 saturated heterocycles. The second-order valence-corrected chi connectivity index (χ2v) is 9.45. The molecule has 2 fully saturated rings. The van der Waals surface area contributed by atoms with Crippen molar-refractivity contribution in [1.29, 1.82) is 0 Å². The van der Waals surface area contributed by atoms with Crippen LogP contribution >= 0.6 is 11.3 Å². The summed E-state index contributed by atoms with van der Waals surface area (Å²) in [4.78, 5) is 38.7. The molecule has 1 aliphatic heterocycles. The number of nitrogens with one attached hydrogen (secondary N) is 1. The number of hydrogen-bond acceptors (Lipinski definition) is 6. The van der Waals surface area contributed by atoms with Crippen LogP contribution in [-0.2, 0) is 19.1 Å². The summed E-state index contributed by atoms with van der Waals surface area (Å²) in [6.45, 7) is 7.63. The predicted octanol–water partition coefficient (Wildman–Crippen LogP) is 4.65. The van der Waals surface area contributed by atoms with Crippen molar-refractivity contribution in [1.82, 2.24) is 0 Å². The minimum Gasteiger partial charge on any atom is -0.462 e. The third-order valence-corrected chi connectivity index (χ3v) is 7.93. The lowest BCUT2D eigenvalue weighted by molar-refractivity contribution is -0.165. The summed E-state index contributed by atoms with van der Waals surface area (Å²) in [5, 5.41) is 5.13. The summed E-state index contributed by atoms with van der Waals surface area (Å²) < 4.78 is 10.9. The topological polar surface area (TPSA) is 81.7 Å². The molecule has 2 unspecified atom stereocenters. The van der Waals surface area contributed by atoms with E-state index in [4.69, 9.17) is 9.47 Å². The summed E-state index contributed by atoms with van der Waals surface area (Å²) in [5.41, 5.74) is -0.728. The van der Waals surface area contributed by atoms with Crippen LogP contribution in [0.5, 0.6) is 0 Å². The predicted molar refractivity (Wildman–Crippen MR) is 114 cm³/mol. The van der Waals surface area contributed by atoms with Crippen molar-refractivity contribution in [3.63, 3.8) is 0 Å². The fourth-order valence-corrected chi connectivity index (χ4v) is 5.59. The van der Waals surface area contributed by atoms with Gasteiger partial charge in [-0.3, -0.25) is 9.59 Å². The van der Waals surface area contributed by atoms with Gasteiger partial charge in [0.2, 0.25) is 0 Å². The Morgan fingerprint density at radius 1 is 1.17 bits per heavy atom. The number of ether oxygens (including phenoxy) is 2. The number of carbonyl (C=O) groups excluding carboxylic acids is 3. The molecule has 2 aliphatic rings. The standard InChI is InChI=1S/C23H25NO5S/c1-5-28-18(25)16-15(14-9-7-6-8-10-14)13-30-17(16)24-19(26)23-12-11-22(4,20(27)29-23)21(23,2)3/h6-10,13H,5,11-12H2,1-4H3,(H,24,26). The number of amides is 1. The van der Waals surface area contributed by atoms with Gasteiger partial charge in [-0.05, 0) is 32.3 Å². The normalized spacial score (nSPS) is 26.3. The van der Waals surface area contributed by atoms with Crippen molar-refractivity contribution >= 4 is 34.2 Å². The highest BCUT2D eigenvalue weighted by atomic mass is 32.1. The molecule has 6 nitrogen and oxygen atoms in total. The first-order valence-corrected chi connectivity index (χ1v) is 10.9. The van der Waals surface area contributed by atoms with E-state index in [-0.39, 0.29) is 12.6 Å². The largest absolute Gasteiger partial charge is 0.462 e. The first kappa shape index (κ1) is 20.6. The molecule has 30 heavy (non-hydrogen) atoms. The van der Waals surface area contributed by atoms with Crippen LogP contribution in [0.1, 0.15) is 50.9 Å². The highest BCUT2D eigenvalue weighted by Gasteiger charge is 2.75. The zero-order chi connectivity index (χ0) is 21.7. The number of benzene rings is 1. The molecule has 2 heterocycles. The minimum atomic E-state index is -1.25. The summed E-state index contributed by atoms with van der Waals surface area (Å²) in [7, 11) is 0. The van der Waals surface area contributed by atoms with Gasteiger partial charge in [0, 0.05) is 16.4 Å². The third kappa shape index (κ3) is 2.64. The van der Waals surface area contributed by atoms with Crippen molar-refractivity contribution in [2.75, 3.05) is 11.9 Å². The molecule has 0 spiro atoms. The van der Waals surface area contributed by atoms with Gasteiger partial charge in [0.05, 0.1) is 12.0 Å². The average molecular weight is 428 g/mol. The van der Waals surface area contributed by atoms with Gasteiger partial charge in [-0.15, -0.1) is 11.3 Å². The van der Waals surface area contributed by atoms with Gasteiger partial charge in [0.25, 0.3) is 5.91 Å². The second-order valence-electron chi connectivity index (χ2n) is 8.57. The number of hydrogen-bond donors (Lipinski definition) is 1. The zero-order valence-electron chi connectivity index (χ0n) is 17.5. The van der Waals surface area contributed by atoms with Gasteiger partial charge in [-0.25, -0.2) is 4.79 Å². The van der Waals surface area contributed by atoms with E-state index in [9.17, 15) is 14.4 Å². The van der Waals surface area contributed by atoms with Gasteiger partial charge in [0.1, 0.15) is 10.6 Å². The highest BCUT2D eigenvalue weighted by molar-refractivity contribution is 7.15. The Balaban J connectivity index is 1.72. The van der Waals surface area contributed by atoms with E-state index >= 15 is 0 Å². The number of carbonyl (C=O) groups is 3. The van der Waals surface area contributed by atoms with Gasteiger partial charge in [-0.1, -0.05) is 44.2 Å². The Bertz CT molecular complexity index is 1030. The lowest BCUT2D eigenvalue weighted by Crippen LogP contribution is -2.50. The van der Waals surface area contributed by atoms with Crippen LogP contribution in [-0.4, -0.2) is 30.1 Å². The number of fused-ring (bicyclic) bond motifs is 2. The first-order valence-electron chi connectivity index (χ1n) is 10.1. The molecule has 1 amide bonds. The zero-order valence-corrected chi connectivity index (χ0v) is 18.4. The highest BCUT2D eigenvalue weighted by Crippen LogP contribution is 2.65. The fourth-order valence-electron chi connectivity index (χ4n) is 4.64. The molecule has 4 rings (SSSR count). The van der Waals surface area contributed by atoms with Crippen LogP contribution in [0.4, 0.5) is 5.00 Å². The number of esters is 2. The van der Waals surface area contributed by atoms with Crippen LogP contribution in [0.2, 0.25) is 0 Å². The van der Waals surface area contributed by atoms with Crippen LogP contribution in [0.15, 0.2) is 35.7 Å². The van der Waals surface area contributed by atoms with Gasteiger partial charge in [-0.2, -0.15) is 0 Å². The van der Waals surface area contributed by atoms with Crippen molar-refractivity contribution < 1.29 is 23.9 Å². The Labute approximate surface area is 179 Å². The van der Waals surface area contributed by atoms with E-state index < -0.39 is 28.3 Å². The van der Waals surface area contributed by atoms with E-state index in [1.165, 1.54) is 11.3 Å². The molecule has 2 aromatic rings. The quantitative estimate of drug-likeness (QED) is 0.703. The molecule has 1 saturated carbocycles. The van der Waals surface area contributed by atoms with Gasteiger partial charge >= 0.3 is 11.9 Å². The summed E-state index contributed by atoms with van der Waals surface area (Å²) in [6.07, 6.45) is 1.05. The molecule has 1 aromatic heterocycles. The summed E-state index contributed by atoms with van der Waals surface area (Å²) in [6, 6.07) is 9.48. The Morgan fingerprint density at radius 2 is 1.87 bits per heavy atom. The van der Waals surface area contributed by atoms with Crippen molar-refractivity contribution in [3.8, 4) is 11.1 Å². The third-order valence-electron chi connectivity index (χ3n) is 7.03. The van der Waals surface area contributed by atoms with Crippen LogP contribution in [0, 0.1) is 10.8 Å². The van der Waals surface area contributed by atoms with Crippen LogP contribution in [0.3, 0.4) is 0 Å². The molecular weight excluding hydrogens is 402 g/mol. The maximum Gasteiger partial charge on any atom is 0.341 e. The molecule has 2 bridgehead atoms. The lowest BCUT2D eigenvalue weighted by Gasteiger charge is -2.35. The Hall–Kier alpha value is -2.67. The maximum atomic E-state index is 13.4. The molecule has 158 valence electrons. The molecule has 1 N–H and O–H groups in total.